The summed E-state index contributed by atoms with van der Waals surface area (Å²) >= 11 is 0. The molecular weight excluding hydrogens is 260 g/mol. The fraction of sp³-hybridized carbons (Fsp3) is 0.533. The molecule has 2 atom stereocenters. The minimum Gasteiger partial charge on any atom is -0.352 e. The van der Waals surface area contributed by atoms with E-state index in [-0.39, 0.29) is 30.4 Å². The van der Waals surface area contributed by atoms with Gasteiger partial charge < -0.3 is 11.1 Å². The number of benzene rings is 1. The first-order valence-corrected chi connectivity index (χ1v) is 6.73. The van der Waals surface area contributed by atoms with Gasteiger partial charge in [0.05, 0.1) is 6.04 Å². The zero-order valence-corrected chi connectivity index (χ0v) is 12.6. The van der Waals surface area contributed by atoms with E-state index in [4.69, 9.17) is 5.73 Å². The van der Waals surface area contributed by atoms with Gasteiger partial charge in [0.1, 0.15) is 0 Å². The number of rotatable bonds is 7. The van der Waals surface area contributed by atoms with E-state index in [1.54, 1.807) is 0 Å². The van der Waals surface area contributed by atoms with Crippen molar-refractivity contribution in [3.63, 3.8) is 0 Å². The number of carbonyl (C=O) groups excluding carboxylic acids is 1. The van der Waals surface area contributed by atoms with Crippen LogP contribution in [0.5, 0.6) is 0 Å². The molecule has 3 nitrogen and oxygen atoms in total. The Labute approximate surface area is 122 Å². The first kappa shape index (κ1) is 17.9. The molecule has 1 amide bonds. The van der Waals surface area contributed by atoms with Crippen molar-refractivity contribution in [3.8, 4) is 0 Å². The van der Waals surface area contributed by atoms with Crippen molar-refractivity contribution in [2.75, 3.05) is 0 Å². The summed E-state index contributed by atoms with van der Waals surface area (Å²) < 4.78 is 0. The van der Waals surface area contributed by atoms with Crippen LogP contribution in [0.15, 0.2) is 30.3 Å². The summed E-state index contributed by atoms with van der Waals surface area (Å²) in [5.74, 6) is -0.0302. The topological polar surface area (TPSA) is 55.1 Å². The number of hydrogen-bond donors (Lipinski definition) is 2. The zero-order valence-electron chi connectivity index (χ0n) is 11.8. The number of halogens is 1. The molecule has 2 unspecified atom stereocenters. The number of nitrogens with two attached hydrogens (primary N) is 1. The maximum Gasteiger partial charge on any atom is 0.237 e. The van der Waals surface area contributed by atoms with E-state index in [0.29, 0.717) is 0 Å². The molecule has 1 aromatic rings. The molecule has 0 aliphatic rings. The molecule has 19 heavy (non-hydrogen) atoms. The summed E-state index contributed by atoms with van der Waals surface area (Å²) in [5, 5.41) is 2.97. The Balaban J connectivity index is 0.00000324. The van der Waals surface area contributed by atoms with Crippen LogP contribution in [0.25, 0.3) is 0 Å². The minimum atomic E-state index is -0.367. The molecule has 0 saturated carbocycles. The highest BCUT2D eigenvalue weighted by Crippen LogP contribution is 2.05. The van der Waals surface area contributed by atoms with E-state index in [0.717, 1.165) is 25.7 Å². The largest absolute Gasteiger partial charge is 0.352 e. The molecule has 0 radical (unpaired) electrons. The summed E-state index contributed by atoms with van der Waals surface area (Å²) in [6.07, 6.45) is 3.60. The van der Waals surface area contributed by atoms with Gasteiger partial charge in [-0.05, 0) is 31.7 Å². The first-order chi connectivity index (χ1) is 8.63. The Morgan fingerprint density at radius 2 is 1.89 bits per heavy atom. The fourth-order valence-corrected chi connectivity index (χ4v) is 1.89. The quantitative estimate of drug-likeness (QED) is 0.809. The molecule has 0 bridgehead atoms. The van der Waals surface area contributed by atoms with E-state index >= 15 is 0 Å². The lowest BCUT2D eigenvalue weighted by atomic mass is 10.1. The second kappa shape index (κ2) is 9.82. The van der Waals surface area contributed by atoms with E-state index < -0.39 is 0 Å². The molecule has 1 aromatic carbocycles. The van der Waals surface area contributed by atoms with Crippen LogP contribution in [0.3, 0.4) is 0 Å². The molecule has 4 heteroatoms. The number of aryl methyl sites for hydroxylation is 1. The van der Waals surface area contributed by atoms with Crippen LogP contribution < -0.4 is 11.1 Å². The second-order valence-corrected chi connectivity index (χ2v) is 4.83. The van der Waals surface area contributed by atoms with Crippen molar-refractivity contribution < 1.29 is 4.79 Å². The smallest absolute Gasteiger partial charge is 0.237 e. The maximum absolute atomic E-state index is 11.7. The summed E-state index contributed by atoms with van der Waals surface area (Å²) in [4.78, 5) is 11.7. The third-order valence-electron chi connectivity index (χ3n) is 3.03. The van der Waals surface area contributed by atoms with Crippen LogP contribution in [0.4, 0.5) is 0 Å². The summed E-state index contributed by atoms with van der Waals surface area (Å²) in [7, 11) is 0. The van der Waals surface area contributed by atoms with Crippen LogP contribution in [0.2, 0.25) is 0 Å². The summed E-state index contributed by atoms with van der Waals surface area (Å²) in [5.41, 5.74) is 7.07. The average Bonchev–Trinajstić information content (AvgIpc) is 2.38. The SMILES string of the molecule is CCCC(N)C(=O)NC(C)CCc1ccccc1.Cl. The van der Waals surface area contributed by atoms with Gasteiger partial charge in [-0.1, -0.05) is 43.7 Å². The molecule has 3 N–H and O–H groups in total. The Morgan fingerprint density at radius 1 is 1.26 bits per heavy atom. The van der Waals surface area contributed by atoms with Crippen LogP contribution >= 0.6 is 12.4 Å². The molecule has 0 aliphatic carbocycles. The third kappa shape index (κ3) is 7.19. The molecule has 0 fully saturated rings. The monoisotopic (exact) mass is 284 g/mol. The molecule has 0 heterocycles. The lowest BCUT2D eigenvalue weighted by Crippen LogP contribution is -2.44. The van der Waals surface area contributed by atoms with Crippen molar-refractivity contribution in [2.24, 2.45) is 5.73 Å². The van der Waals surface area contributed by atoms with Gasteiger partial charge in [0.15, 0.2) is 0 Å². The van der Waals surface area contributed by atoms with Gasteiger partial charge >= 0.3 is 0 Å². The van der Waals surface area contributed by atoms with Gasteiger partial charge in [-0.15, -0.1) is 12.4 Å². The molecule has 108 valence electrons. The Kier molecular flexibility index (Phi) is 9.27. The van der Waals surface area contributed by atoms with Crippen molar-refractivity contribution >= 4 is 18.3 Å². The van der Waals surface area contributed by atoms with E-state index in [9.17, 15) is 4.79 Å². The predicted molar refractivity (Wildman–Crippen MR) is 82.5 cm³/mol. The van der Waals surface area contributed by atoms with E-state index in [1.165, 1.54) is 5.56 Å². The Hall–Kier alpha value is -1.06. The standard InChI is InChI=1S/C15H24N2O.ClH/c1-3-7-14(16)15(18)17-12(2)10-11-13-8-5-4-6-9-13;/h4-6,8-9,12,14H,3,7,10-11,16H2,1-2H3,(H,17,18);1H. The highest BCUT2D eigenvalue weighted by atomic mass is 35.5. The van der Waals surface area contributed by atoms with Crippen molar-refractivity contribution in [2.45, 2.75) is 51.6 Å². The molecular formula is C15H25ClN2O. The van der Waals surface area contributed by atoms with Crippen molar-refractivity contribution in [1.82, 2.24) is 5.32 Å². The average molecular weight is 285 g/mol. The first-order valence-electron chi connectivity index (χ1n) is 6.73. The highest BCUT2D eigenvalue weighted by molar-refractivity contribution is 5.85. The summed E-state index contributed by atoms with van der Waals surface area (Å²) in [6.45, 7) is 4.06. The van der Waals surface area contributed by atoms with E-state index in [1.807, 2.05) is 32.0 Å². The molecule has 0 saturated heterocycles. The lowest BCUT2D eigenvalue weighted by Gasteiger charge is -2.17. The van der Waals surface area contributed by atoms with Gasteiger partial charge in [0.2, 0.25) is 5.91 Å². The summed E-state index contributed by atoms with van der Waals surface area (Å²) in [6, 6.07) is 10.1. The van der Waals surface area contributed by atoms with Gasteiger partial charge in [0, 0.05) is 6.04 Å². The van der Waals surface area contributed by atoms with Crippen LogP contribution in [0.1, 0.15) is 38.7 Å². The Morgan fingerprint density at radius 3 is 2.47 bits per heavy atom. The van der Waals surface area contributed by atoms with Gasteiger partial charge in [-0.25, -0.2) is 0 Å². The van der Waals surface area contributed by atoms with Crippen LogP contribution in [-0.2, 0) is 11.2 Å². The maximum atomic E-state index is 11.7. The molecule has 1 rings (SSSR count). The van der Waals surface area contributed by atoms with Gasteiger partial charge in [-0.3, -0.25) is 4.79 Å². The molecule has 0 spiro atoms. The fourth-order valence-electron chi connectivity index (χ4n) is 1.89. The van der Waals surface area contributed by atoms with E-state index in [2.05, 4.69) is 17.4 Å². The molecule has 0 aliphatic heterocycles. The zero-order chi connectivity index (χ0) is 13.4. The van der Waals surface area contributed by atoms with Crippen LogP contribution in [0, 0.1) is 0 Å². The number of hydrogen-bond acceptors (Lipinski definition) is 2. The van der Waals surface area contributed by atoms with Gasteiger partial charge in [0.25, 0.3) is 0 Å². The van der Waals surface area contributed by atoms with Crippen LogP contribution in [-0.4, -0.2) is 18.0 Å². The van der Waals surface area contributed by atoms with Crippen molar-refractivity contribution in [1.29, 1.82) is 0 Å². The second-order valence-electron chi connectivity index (χ2n) is 4.83. The minimum absolute atomic E-state index is 0. The predicted octanol–water partition coefficient (Wildman–Crippen LogP) is 2.67. The normalized spacial score (nSPS) is 13.2. The number of carbonyl (C=O) groups is 1. The lowest BCUT2D eigenvalue weighted by molar-refractivity contribution is -0.123. The van der Waals surface area contributed by atoms with Gasteiger partial charge in [-0.2, -0.15) is 0 Å². The Bertz CT molecular complexity index is 356. The van der Waals surface area contributed by atoms with Crippen molar-refractivity contribution in [3.05, 3.63) is 35.9 Å². The number of amides is 1. The highest BCUT2D eigenvalue weighted by Gasteiger charge is 2.14. The number of nitrogens with one attached hydrogen (secondary N) is 1. The molecule has 0 aromatic heterocycles. The third-order valence-corrected chi connectivity index (χ3v) is 3.03.